The summed E-state index contributed by atoms with van der Waals surface area (Å²) in [5.41, 5.74) is 0.251. The minimum Gasteiger partial charge on any atom is -0.395 e. The summed E-state index contributed by atoms with van der Waals surface area (Å²) in [7, 11) is 0. The monoisotopic (exact) mass is 212 g/mol. The third-order valence-electron chi connectivity index (χ3n) is 4.00. The van der Waals surface area contributed by atoms with Crippen molar-refractivity contribution >= 4 is 0 Å². The molecular weight excluding hydrogens is 188 g/mol. The van der Waals surface area contributed by atoms with Crippen LogP contribution in [-0.4, -0.2) is 47.3 Å². The smallest absolute Gasteiger partial charge is 0.0597 e. The van der Waals surface area contributed by atoms with Crippen molar-refractivity contribution in [1.29, 1.82) is 0 Å². The SMILES string of the molecule is CC1(C)CNC(CO)CN1C1CCCC1. The molecule has 0 amide bonds. The van der Waals surface area contributed by atoms with E-state index in [9.17, 15) is 5.11 Å². The Hall–Kier alpha value is -0.120. The zero-order valence-corrected chi connectivity index (χ0v) is 10.00. The molecule has 0 aromatic rings. The second-order valence-corrected chi connectivity index (χ2v) is 5.66. The quantitative estimate of drug-likeness (QED) is 0.716. The standard InChI is InChI=1S/C12H24N2O/c1-12(2)9-13-10(8-15)7-14(12)11-5-3-4-6-11/h10-11,13,15H,3-9H2,1-2H3. The molecule has 15 heavy (non-hydrogen) atoms. The van der Waals surface area contributed by atoms with Gasteiger partial charge < -0.3 is 10.4 Å². The van der Waals surface area contributed by atoms with Crippen molar-refractivity contribution in [2.24, 2.45) is 0 Å². The molecule has 1 saturated carbocycles. The molecule has 3 heteroatoms. The average Bonchev–Trinajstić information content (AvgIpc) is 2.70. The minimum atomic E-state index is 0.251. The molecule has 0 aromatic heterocycles. The van der Waals surface area contributed by atoms with Crippen molar-refractivity contribution in [1.82, 2.24) is 10.2 Å². The molecule has 1 heterocycles. The number of aliphatic hydroxyl groups excluding tert-OH is 1. The van der Waals surface area contributed by atoms with Crippen LogP contribution in [0.5, 0.6) is 0 Å². The normalized spacial score (nSPS) is 33.4. The summed E-state index contributed by atoms with van der Waals surface area (Å²) in [4.78, 5) is 2.62. The number of nitrogens with zero attached hydrogens (tertiary/aromatic N) is 1. The Morgan fingerprint density at radius 3 is 2.60 bits per heavy atom. The van der Waals surface area contributed by atoms with Crippen LogP contribution in [0.1, 0.15) is 39.5 Å². The van der Waals surface area contributed by atoms with Gasteiger partial charge in [0.25, 0.3) is 0 Å². The van der Waals surface area contributed by atoms with Crippen LogP contribution in [0.25, 0.3) is 0 Å². The molecule has 0 bridgehead atoms. The Kier molecular flexibility index (Phi) is 3.33. The first-order valence-corrected chi connectivity index (χ1v) is 6.24. The number of piperazine rings is 1. The lowest BCUT2D eigenvalue weighted by Gasteiger charge is -2.49. The van der Waals surface area contributed by atoms with Crippen molar-refractivity contribution in [3.05, 3.63) is 0 Å². The lowest BCUT2D eigenvalue weighted by Crippen LogP contribution is -2.65. The molecule has 88 valence electrons. The van der Waals surface area contributed by atoms with Gasteiger partial charge in [0.1, 0.15) is 0 Å². The van der Waals surface area contributed by atoms with Crippen LogP contribution in [-0.2, 0) is 0 Å². The largest absolute Gasteiger partial charge is 0.395 e. The van der Waals surface area contributed by atoms with E-state index in [-0.39, 0.29) is 18.2 Å². The summed E-state index contributed by atoms with van der Waals surface area (Å²) >= 11 is 0. The van der Waals surface area contributed by atoms with Gasteiger partial charge in [-0.15, -0.1) is 0 Å². The van der Waals surface area contributed by atoms with E-state index < -0.39 is 0 Å². The summed E-state index contributed by atoms with van der Waals surface area (Å²) < 4.78 is 0. The van der Waals surface area contributed by atoms with Crippen LogP contribution in [0.4, 0.5) is 0 Å². The maximum absolute atomic E-state index is 9.23. The average molecular weight is 212 g/mol. The fourth-order valence-corrected chi connectivity index (χ4v) is 3.03. The number of hydrogen-bond acceptors (Lipinski definition) is 3. The number of rotatable bonds is 2. The number of aliphatic hydroxyl groups is 1. The Morgan fingerprint density at radius 2 is 2.00 bits per heavy atom. The van der Waals surface area contributed by atoms with Crippen molar-refractivity contribution in [2.75, 3.05) is 19.7 Å². The van der Waals surface area contributed by atoms with Crippen molar-refractivity contribution in [3.8, 4) is 0 Å². The zero-order chi connectivity index (χ0) is 10.9. The predicted octanol–water partition coefficient (Wildman–Crippen LogP) is 0.974. The van der Waals surface area contributed by atoms with Crippen LogP contribution >= 0.6 is 0 Å². The van der Waals surface area contributed by atoms with Crippen LogP contribution in [0.15, 0.2) is 0 Å². The summed E-state index contributed by atoms with van der Waals surface area (Å²) in [6.07, 6.45) is 5.46. The minimum absolute atomic E-state index is 0.251. The van der Waals surface area contributed by atoms with Gasteiger partial charge in [-0.2, -0.15) is 0 Å². The van der Waals surface area contributed by atoms with Gasteiger partial charge in [0.15, 0.2) is 0 Å². The molecule has 1 aliphatic heterocycles. The predicted molar refractivity (Wildman–Crippen MR) is 61.9 cm³/mol. The Bertz CT molecular complexity index is 212. The van der Waals surface area contributed by atoms with Gasteiger partial charge in [0, 0.05) is 30.7 Å². The zero-order valence-electron chi connectivity index (χ0n) is 10.00. The highest BCUT2D eigenvalue weighted by Crippen LogP contribution is 2.30. The molecule has 0 aromatic carbocycles. The second kappa shape index (κ2) is 4.40. The molecule has 1 atom stereocenters. The third-order valence-corrected chi connectivity index (χ3v) is 4.00. The summed E-state index contributed by atoms with van der Waals surface area (Å²) in [6, 6.07) is 1.04. The molecule has 2 aliphatic rings. The van der Waals surface area contributed by atoms with Gasteiger partial charge in [0.05, 0.1) is 6.61 Å². The fourth-order valence-electron chi connectivity index (χ4n) is 3.03. The molecular formula is C12H24N2O. The lowest BCUT2D eigenvalue weighted by atomic mass is 9.94. The maximum atomic E-state index is 9.23. The Morgan fingerprint density at radius 1 is 1.33 bits per heavy atom. The Balaban J connectivity index is 2.03. The molecule has 0 spiro atoms. The summed E-state index contributed by atoms with van der Waals surface area (Å²) in [5, 5.41) is 12.7. The highest BCUT2D eigenvalue weighted by atomic mass is 16.3. The Labute approximate surface area is 92.8 Å². The maximum Gasteiger partial charge on any atom is 0.0597 e. The molecule has 1 saturated heterocycles. The van der Waals surface area contributed by atoms with Gasteiger partial charge in [-0.3, -0.25) is 4.90 Å². The van der Waals surface area contributed by atoms with Gasteiger partial charge in [0.2, 0.25) is 0 Å². The van der Waals surface area contributed by atoms with Crippen LogP contribution < -0.4 is 5.32 Å². The summed E-state index contributed by atoms with van der Waals surface area (Å²) in [6.45, 7) is 6.89. The lowest BCUT2D eigenvalue weighted by molar-refractivity contribution is 0.0151. The van der Waals surface area contributed by atoms with E-state index in [0.717, 1.165) is 19.1 Å². The van der Waals surface area contributed by atoms with Crippen molar-refractivity contribution in [2.45, 2.75) is 57.2 Å². The van der Waals surface area contributed by atoms with E-state index in [1.54, 1.807) is 0 Å². The van der Waals surface area contributed by atoms with Gasteiger partial charge >= 0.3 is 0 Å². The van der Waals surface area contributed by atoms with Crippen molar-refractivity contribution in [3.63, 3.8) is 0 Å². The van der Waals surface area contributed by atoms with Crippen molar-refractivity contribution < 1.29 is 5.11 Å². The first-order chi connectivity index (χ1) is 7.13. The molecule has 0 radical (unpaired) electrons. The first kappa shape index (κ1) is 11.4. The van der Waals surface area contributed by atoms with Gasteiger partial charge in [-0.05, 0) is 26.7 Å². The molecule has 1 unspecified atom stereocenters. The van der Waals surface area contributed by atoms with Crippen LogP contribution in [0.2, 0.25) is 0 Å². The highest BCUT2D eigenvalue weighted by Gasteiger charge is 2.38. The second-order valence-electron chi connectivity index (χ2n) is 5.66. The number of hydrogen-bond donors (Lipinski definition) is 2. The molecule has 2 rings (SSSR count). The highest BCUT2D eigenvalue weighted by molar-refractivity contribution is 4.96. The van der Waals surface area contributed by atoms with E-state index in [2.05, 4.69) is 24.1 Å². The topological polar surface area (TPSA) is 35.5 Å². The molecule has 2 fully saturated rings. The van der Waals surface area contributed by atoms with Crippen LogP contribution in [0, 0.1) is 0 Å². The van der Waals surface area contributed by atoms with E-state index in [4.69, 9.17) is 0 Å². The molecule has 3 nitrogen and oxygen atoms in total. The van der Waals surface area contributed by atoms with Gasteiger partial charge in [-0.1, -0.05) is 12.8 Å². The van der Waals surface area contributed by atoms with E-state index >= 15 is 0 Å². The van der Waals surface area contributed by atoms with Gasteiger partial charge in [-0.25, -0.2) is 0 Å². The summed E-state index contributed by atoms with van der Waals surface area (Å²) in [5.74, 6) is 0. The third kappa shape index (κ3) is 2.35. The fraction of sp³-hybridized carbons (Fsp3) is 1.00. The first-order valence-electron chi connectivity index (χ1n) is 6.24. The van der Waals surface area contributed by atoms with Crippen LogP contribution in [0.3, 0.4) is 0 Å². The molecule has 1 aliphatic carbocycles. The van der Waals surface area contributed by atoms with E-state index in [0.29, 0.717) is 0 Å². The van der Waals surface area contributed by atoms with E-state index in [1.165, 1.54) is 25.7 Å². The molecule has 2 N–H and O–H groups in total. The number of nitrogens with one attached hydrogen (secondary N) is 1. The van der Waals surface area contributed by atoms with E-state index in [1.807, 2.05) is 0 Å².